The van der Waals surface area contributed by atoms with Crippen molar-refractivity contribution in [1.29, 1.82) is 0 Å². The zero-order chi connectivity index (χ0) is 16.5. The number of thiazole rings is 1. The van der Waals surface area contributed by atoms with Gasteiger partial charge in [-0.3, -0.25) is 9.20 Å². The van der Waals surface area contributed by atoms with E-state index in [1.807, 2.05) is 58.6 Å². The molecule has 0 spiro atoms. The van der Waals surface area contributed by atoms with E-state index >= 15 is 0 Å². The Kier molecular flexibility index (Phi) is 3.92. The summed E-state index contributed by atoms with van der Waals surface area (Å²) in [5, 5.41) is 4.93. The monoisotopic (exact) mass is 397 g/mol. The highest BCUT2D eigenvalue weighted by atomic mass is 79.9. The summed E-state index contributed by atoms with van der Waals surface area (Å²) in [6, 6.07) is 15.0. The Hall–Kier alpha value is -2.44. The highest BCUT2D eigenvalue weighted by molar-refractivity contribution is 9.10. The van der Waals surface area contributed by atoms with Gasteiger partial charge in [0, 0.05) is 39.1 Å². The van der Waals surface area contributed by atoms with E-state index < -0.39 is 0 Å². The number of nitrogens with one attached hydrogen (secondary N) is 1. The van der Waals surface area contributed by atoms with Gasteiger partial charge in [-0.05, 0) is 36.4 Å². The predicted molar refractivity (Wildman–Crippen MR) is 101 cm³/mol. The Balaban J connectivity index is 1.59. The molecule has 0 atom stereocenters. The number of carbonyl (C=O) groups excluding carboxylic acids is 1. The molecule has 0 fully saturated rings. The molecule has 0 unspecified atom stereocenters. The third-order valence-corrected chi connectivity index (χ3v) is 4.92. The van der Waals surface area contributed by atoms with Crippen LogP contribution >= 0.6 is 27.3 Å². The molecule has 2 aromatic carbocycles. The molecule has 2 heterocycles. The number of imidazole rings is 1. The maximum Gasteiger partial charge on any atom is 0.255 e. The maximum atomic E-state index is 12.3. The zero-order valence-electron chi connectivity index (χ0n) is 12.4. The highest BCUT2D eigenvalue weighted by Crippen LogP contribution is 2.24. The number of carbonyl (C=O) groups is 1. The first-order chi connectivity index (χ1) is 11.7. The second-order valence-corrected chi connectivity index (χ2v) is 7.05. The van der Waals surface area contributed by atoms with Gasteiger partial charge in [0.1, 0.15) is 0 Å². The fourth-order valence-electron chi connectivity index (χ4n) is 2.43. The molecular formula is C18H12BrN3OS. The third-order valence-electron chi connectivity index (χ3n) is 3.62. The van der Waals surface area contributed by atoms with Crippen LogP contribution in [0.25, 0.3) is 16.2 Å². The molecule has 118 valence electrons. The summed E-state index contributed by atoms with van der Waals surface area (Å²) < 4.78 is 2.94. The predicted octanol–water partition coefficient (Wildman–Crippen LogP) is 5.08. The van der Waals surface area contributed by atoms with Crippen LogP contribution in [0, 0.1) is 0 Å². The minimum absolute atomic E-state index is 0.134. The second kappa shape index (κ2) is 6.22. The summed E-state index contributed by atoms with van der Waals surface area (Å²) in [5.41, 5.74) is 3.23. The molecule has 0 saturated heterocycles. The van der Waals surface area contributed by atoms with Crippen molar-refractivity contribution in [3.8, 4) is 11.3 Å². The minimum Gasteiger partial charge on any atom is -0.322 e. The van der Waals surface area contributed by atoms with Gasteiger partial charge in [0.15, 0.2) is 4.96 Å². The summed E-state index contributed by atoms with van der Waals surface area (Å²) in [6.07, 6.45) is 3.97. The Morgan fingerprint density at radius 3 is 2.79 bits per heavy atom. The molecule has 0 radical (unpaired) electrons. The first-order valence-corrected chi connectivity index (χ1v) is 8.96. The van der Waals surface area contributed by atoms with Crippen molar-refractivity contribution < 1.29 is 4.79 Å². The number of hydrogen-bond donors (Lipinski definition) is 1. The van der Waals surface area contributed by atoms with Crippen molar-refractivity contribution in [3.05, 3.63) is 76.3 Å². The fourth-order valence-corrected chi connectivity index (χ4v) is 3.39. The number of benzene rings is 2. The van der Waals surface area contributed by atoms with Crippen LogP contribution in [0.4, 0.5) is 5.69 Å². The van der Waals surface area contributed by atoms with E-state index in [9.17, 15) is 4.79 Å². The van der Waals surface area contributed by atoms with E-state index in [-0.39, 0.29) is 5.91 Å². The van der Waals surface area contributed by atoms with E-state index in [0.29, 0.717) is 5.56 Å². The smallest absolute Gasteiger partial charge is 0.255 e. The topological polar surface area (TPSA) is 46.4 Å². The normalized spacial score (nSPS) is 10.9. The number of aromatic nitrogens is 2. The molecule has 0 aliphatic rings. The quantitative estimate of drug-likeness (QED) is 0.523. The van der Waals surface area contributed by atoms with Gasteiger partial charge in [-0.25, -0.2) is 4.98 Å². The van der Waals surface area contributed by atoms with Crippen molar-refractivity contribution >= 4 is 43.8 Å². The Bertz CT molecular complexity index is 992. The lowest BCUT2D eigenvalue weighted by Gasteiger charge is -2.07. The van der Waals surface area contributed by atoms with Crippen LogP contribution in [0.3, 0.4) is 0 Å². The van der Waals surface area contributed by atoms with Gasteiger partial charge in [0.05, 0.1) is 5.69 Å². The van der Waals surface area contributed by atoms with Crippen LogP contribution in [0.15, 0.2) is 70.8 Å². The number of amides is 1. The molecule has 0 saturated carbocycles. The number of anilines is 1. The van der Waals surface area contributed by atoms with Gasteiger partial charge in [0.2, 0.25) is 0 Å². The largest absolute Gasteiger partial charge is 0.322 e. The van der Waals surface area contributed by atoms with E-state index in [0.717, 1.165) is 26.4 Å². The van der Waals surface area contributed by atoms with Crippen LogP contribution in [-0.4, -0.2) is 15.3 Å². The maximum absolute atomic E-state index is 12.3. The summed E-state index contributed by atoms with van der Waals surface area (Å²) >= 11 is 4.96. The van der Waals surface area contributed by atoms with Gasteiger partial charge in [0.25, 0.3) is 5.91 Å². The Morgan fingerprint density at radius 2 is 2.00 bits per heavy atom. The van der Waals surface area contributed by atoms with Gasteiger partial charge in [-0.15, -0.1) is 11.3 Å². The first kappa shape index (κ1) is 15.1. The lowest BCUT2D eigenvalue weighted by Crippen LogP contribution is -2.11. The average molecular weight is 398 g/mol. The third kappa shape index (κ3) is 2.98. The molecule has 4 rings (SSSR count). The molecule has 0 bridgehead atoms. The molecule has 4 nitrogen and oxygen atoms in total. The summed E-state index contributed by atoms with van der Waals surface area (Å²) in [6.45, 7) is 0. The molecule has 1 amide bonds. The number of nitrogens with zero attached hydrogens (tertiary/aromatic N) is 2. The van der Waals surface area contributed by atoms with Crippen molar-refractivity contribution in [3.63, 3.8) is 0 Å². The van der Waals surface area contributed by atoms with Gasteiger partial charge in [-0.1, -0.05) is 28.1 Å². The van der Waals surface area contributed by atoms with E-state index in [4.69, 9.17) is 0 Å². The number of rotatable bonds is 3. The summed E-state index contributed by atoms with van der Waals surface area (Å²) in [4.78, 5) is 17.9. The van der Waals surface area contributed by atoms with Crippen LogP contribution < -0.4 is 5.32 Å². The van der Waals surface area contributed by atoms with Crippen LogP contribution in [0.5, 0.6) is 0 Å². The van der Waals surface area contributed by atoms with Crippen molar-refractivity contribution in [2.45, 2.75) is 0 Å². The number of halogens is 1. The van der Waals surface area contributed by atoms with E-state index in [1.54, 1.807) is 23.5 Å². The Labute approximate surface area is 150 Å². The lowest BCUT2D eigenvalue weighted by atomic mass is 10.1. The van der Waals surface area contributed by atoms with Crippen LogP contribution in [0.2, 0.25) is 0 Å². The molecule has 24 heavy (non-hydrogen) atoms. The molecular weight excluding hydrogens is 386 g/mol. The average Bonchev–Trinajstić information content (AvgIpc) is 3.17. The van der Waals surface area contributed by atoms with Gasteiger partial charge < -0.3 is 5.32 Å². The SMILES string of the molecule is O=C(Nc1cccc(-c2cn3ccsc3n2)c1)c1ccc(Br)cc1. The molecule has 0 aliphatic carbocycles. The van der Waals surface area contributed by atoms with E-state index in [2.05, 4.69) is 26.2 Å². The summed E-state index contributed by atoms with van der Waals surface area (Å²) in [5.74, 6) is -0.134. The van der Waals surface area contributed by atoms with E-state index in [1.165, 1.54) is 0 Å². The first-order valence-electron chi connectivity index (χ1n) is 7.28. The van der Waals surface area contributed by atoms with Gasteiger partial charge in [-0.2, -0.15) is 0 Å². The molecule has 6 heteroatoms. The summed E-state index contributed by atoms with van der Waals surface area (Å²) in [7, 11) is 0. The van der Waals surface area contributed by atoms with Gasteiger partial charge >= 0.3 is 0 Å². The molecule has 1 N–H and O–H groups in total. The highest BCUT2D eigenvalue weighted by Gasteiger charge is 2.09. The molecule has 2 aromatic heterocycles. The Morgan fingerprint density at radius 1 is 1.17 bits per heavy atom. The van der Waals surface area contributed by atoms with Crippen LogP contribution in [0.1, 0.15) is 10.4 Å². The second-order valence-electron chi connectivity index (χ2n) is 5.26. The van der Waals surface area contributed by atoms with Crippen molar-refractivity contribution in [2.24, 2.45) is 0 Å². The lowest BCUT2D eigenvalue weighted by molar-refractivity contribution is 0.102. The van der Waals surface area contributed by atoms with Crippen LogP contribution in [-0.2, 0) is 0 Å². The number of fused-ring (bicyclic) bond motifs is 1. The fraction of sp³-hybridized carbons (Fsp3) is 0. The molecule has 4 aromatic rings. The standard InChI is InChI=1S/C18H12BrN3OS/c19-14-6-4-12(5-7-14)17(23)20-15-3-1-2-13(10-15)16-11-22-8-9-24-18(22)21-16/h1-11H,(H,20,23). The minimum atomic E-state index is -0.134. The zero-order valence-corrected chi connectivity index (χ0v) is 14.8. The number of hydrogen-bond acceptors (Lipinski definition) is 3. The van der Waals surface area contributed by atoms with Crippen molar-refractivity contribution in [2.75, 3.05) is 5.32 Å². The van der Waals surface area contributed by atoms with Crippen molar-refractivity contribution in [1.82, 2.24) is 9.38 Å². The molecule has 0 aliphatic heterocycles.